The number of carbonyl (C=O) groups is 2. The van der Waals surface area contributed by atoms with Gasteiger partial charge in [-0.15, -0.1) is 0 Å². The zero-order valence-corrected chi connectivity index (χ0v) is 14.8. The van der Waals surface area contributed by atoms with Crippen molar-refractivity contribution in [1.82, 2.24) is 20.5 Å². The van der Waals surface area contributed by atoms with Crippen molar-refractivity contribution in [3.8, 4) is 5.75 Å². The van der Waals surface area contributed by atoms with Crippen LogP contribution in [0.1, 0.15) is 61.2 Å². The normalized spacial score (nSPS) is 11.8. The molecule has 0 fully saturated rings. The number of H-pyrrole nitrogens is 1. The van der Waals surface area contributed by atoms with Crippen LogP contribution in [0, 0.1) is 6.92 Å². The third kappa shape index (κ3) is 5.70. The van der Waals surface area contributed by atoms with E-state index in [2.05, 4.69) is 20.5 Å². The predicted molar refractivity (Wildman–Crippen MR) is 93.5 cm³/mol. The highest BCUT2D eigenvalue weighted by Crippen LogP contribution is 2.14. The van der Waals surface area contributed by atoms with E-state index in [-0.39, 0.29) is 17.7 Å². The molecule has 0 aliphatic carbocycles. The number of nitrogens with one attached hydrogen (secondary N) is 2. The Balaban J connectivity index is 1.72. The van der Waals surface area contributed by atoms with E-state index in [1.54, 1.807) is 24.3 Å². The van der Waals surface area contributed by atoms with Gasteiger partial charge in [0.05, 0.1) is 12.6 Å². The molecule has 0 saturated heterocycles. The Morgan fingerprint density at radius 3 is 2.56 bits per heavy atom. The van der Waals surface area contributed by atoms with Crippen LogP contribution in [0.25, 0.3) is 0 Å². The van der Waals surface area contributed by atoms with Crippen molar-refractivity contribution >= 4 is 11.7 Å². The van der Waals surface area contributed by atoms with E-state index in [0.29, 0.717) is 36.6 Å². The van der Waals surface area contributed by atoms with Gasteiger partial charge < -0.3 is 10.1 Å². The number of amides is 1. The van der Waals surface area contributed by atoms with Crippen LogP contribution in [-0.4, -0.2) is 33.5 Å². The van der Waals surface area contributed by atoms with Gasteiger partial charge in [-0.25, -0.2) is 4.98 Å². The minimum absolute atomic E-state index is 0.0234. The molecule has 0 unspecified atom stereocenters. The number of benzene rings is 1. The first-order chi connectivity index (χ1) is 12.0. The van der Waals surface area contributed by atoms with Gasteiger partial charge in [0.2, 0.25) is 5.91 Å². The molecule has 0 aliphatic rings. The zero-order valence-electron chi connectivity index (χ0n) is 14.8. The SMILES string of the molecule is CC[C@H](NC(=O)CCCOc1ccc(C(C)=O)cc1)c1n[nH]c(C)n1. The van der Waals surface area contributed by atoms with Crippen molar-refractivity contribution in [3.05, 3.63) is 41.5 Å². The number of ketones is 1. The summed E-state index contributed by atoms with van der Waals surface area (Å²) in [5, 5.41) is 9.82. The van der Waals surface area contributed by atoms with Crippen molar-refractivity contribution in [2.45, 2.75) is 46.1 Å². The molecule has 25 heavy (non-hydrogen) atoms. The number of aromatic nitrogens is 3. The second-order valence-corrected chi connectivity index (χ2v) is 5.84. The number of aryl methyl sites for hydroxylation is 1. The molecule has 134 valence electrons. The summed E-state index contributed by atoms with van der Waals surface area (Å²) in [5.41, 5.74) is 0.652. The van der Waals surface area contributed by atoms with Crippen molar-refractivity contribution in [2.24, 2.45) is 0 Å². The molecule has 7 nitrogen and oxygen atoms in total. The van der Waals surface area contributed by atoms with Gasteiger partial charge in [0.1, 0.15) is 11.6 Å². The molecule has 2 aromatic rings. The summed E-state index contributed by atoms with van der Waals surface area (Å²) in [6.45, 7) is 5.76. The van der Waals surface area contributed by atoms with Crippen molar-refractivity contribution in [2.75, 3.05) is 6.61 Å². The smallest absolute Gasteiger partial charge is 0.220 e. The molecule has 0 spiro atoms. The van der Waals surface area contributed by atoms with Gasteiger partial charge in [-0.05, 0) is 51.0 Å². The summed E-state index contributed by atoms with van der Waals surface area (Å²) in [4.78, 5) is 27.5. The topological polar surface area (TPSA) is 97.0 Å². The maximum absolute atomic E-state index is 12.1. The van der Waals surface area contributed by atoms with Crippen LogP contribution >= 0.6 is 0 Å². The average Bonchev–Trinajstić information content (AvgIpc) is 3.03. The van der Waals surface area contributed by atoms with Crippen molar-refractivity contribution < 1.29 is 14.3 Å². The maximum Gasteiger partial charge on any atom is 0.220 e. The van der Waals surface area contributed by atoms with E-state index in [1.165, 1.54) is 6.92 Å². The van der Waals surface area contributed by atoms with E-state index < -0.39 is 0 Å². The van der Waals surface area contributed by atoms with Crippen LogP contribution in [0.3, 0.4) is 0 Å². The summed E-state index contributed by atoms with van der Waals surface area (Å²) >= 11 is 0. The summed E-state index contributed by atoms with van der Waals surface area (Å²) < 4.78 is 5.59. The summed E-state index contributed by atoms with van der Waals surface area (Å²) in [6.07, 6.45) is 1.69. The average molecular weight is 344 g/mol. The number of carbonyl (C=O) groups excluding carboxylic acids is 2. The van der Waals surface area contributed by atoms with Crippen LogP contribution in [0.4, 0.5) is 0 Å². The highest BCUT2D eigenvalue weighted by atomic mass is 16.5. The Morgan fingerprint density at radius 1 is 1.28 bits per heavy atom. The van der Waals surface area contributed by atoms with Crippen molar-refractivity contribution in [3.63, 3.8) is 0 Å². The summed E-state index contributed by atoms with van der Waals surface area (Å²) in [7, 11) is 0. The quantitative estimate of drug-likeness (QED) is 0.538. The molecule has 0 saturated carbocycles. The number of hydrogen-bond donors (Lipinski definition) is 2. The van der Waals surface area contributed by atoms with Crippen LogP contribution in [0.5, 0.6) is 5.75 Å². The number of aromatic amines is 1. The molecular formula is C18H24N4O3. The van der Waals surface area contributed by atoms with E-state index in [0.717, 1.165) is 12.2 Å². The maximum atomic E-state index is 12.1. The van der Waals surface area contributed by atoms with E-state index in [9.17, 15) is 9.59 Å². The third-order valence-electron chi connectivity index (χ3n) is 3.75. The minimum Gasteiger partial charge on any atom is -0.494 e. The third-order valence-corrected chi connectivity index (χ3v) is 3.75. The lowest BCUT2D eigenvalue weighted by atomic mass is 10.1. The molecule has 0 bridgehead atoms. The monoisotopic (exact) mass is 344 g/mol. The van der Waals surface area contributed by atoms with Gasteiger partial charge in [-0.1, -0.05) is 6.92 Å². The number of rotatable bonds is 9. The first-order valence-electron chi connectivity index (χ1n) is 8.41. The Hall–Kier alpha value is -2.70. The number of Topliss-reactive ketones (excluding diaryl/α,β-unsaturated/α-hetero) is 1. The molecular weight excluding hydrogens is 320 g/mol. The van der Waals surface area contributed by atoms with Gasteiger partial charge in [-0.2, -0.15) is 5.10 Å². The highest BCUT2D eigenvalue weighted by molar-refractivity contribution is 5.94. The predicted octanol–water partition coefficient (Wildman–Crippen LogP) is 2.74. The fourth-order valence-electron chi connectivity index (χ4n) is 2.34. The summed E-state index contributed by atoms with van der Waals surface area (Å²) in [6, 6.07) is 6.80. The molecule has 1 amide bonds. The number of nitrogens with zero attached hydrogens (tertiary/aromatic N) is 2. The highest BCUT2D eigenvalue weighted by Gasteiger charge is 2.16. The van der Waals surface area contributed by atoms with Crippen LogP contribution in [-0.2, 0) is 4.79 Å². The van der Waals surface area contributed by atoms with Gasteiger partial charge in [0.15, 0.2) is 11.6 Å². The standard InChI is InChI=1S/C18H24N4O3/c1-4-16(18-19-13(3)21-22-18)20-17(24)6-5-11-25-15-9-7-14(8-10-15)12(2)23/h7-10,16H,4-6,11H2,1-3H3,(H,20,24)(H,19,21,22)/t16-/m0/s1. The molecule has 7 heteroatoms. The Morgan fingerprint density at radius 2 is 2.00 bits per heavy atom. The van der Waals surface area contributed by atoms with Crippen LogP contribution < -0.4 is 10.1 Å². The molecule has 1 heterocycles. The first kappa shape index (κ1) is 18.6. The lowest BCUT2D eigenvalue weighted by molar-refractivity contribution is -0.122. The first-order valence-corrected chi connectivity index (χ1v) is 8.41. The second-order valence-electron chi connectivity index (χ2n) is 5.84. The zero-order chi connectivity index (χ0) is 18.2. The number of ether oxygens (including phenoxy) is 1. The second kappa shape index (κ2) is 8.96. The molecule has 1 atom stereocenters. The molecule has 1 aromatic carbocycles. The fourth-order valence-corrected chi connectivity index (χ4v) is 2.34. The fraction of sp³-hybridized carbons (Fsp3) is 0.444. The molecule has 2 rings (SSSR count). The van der Waals surface area contributed by atoms with Crippen LogP contribution in [0.15, 0.2) is 24.3 Å². The molecule has 1 aromatic heterocycles. The lowest BCUT2D eigenvalue weighted by Gasteiger charge is -2.13. The van der Waals surface area contributed by atoms with Gasteiger partial charge >= 0.3 is 0 Å². The van der Waals surface area contributed by atoms with E-state index in [1.807, 2.05) is 13.8 Å². The molecule has 0 radical (unpaired) electrons. The Bertz CT molecular complexity index is 709. The lowest BCUT2D eigenvalue weighted by Crippen LogP contribution is -2.29. The molecule has 2 N–H and O–H groups in total. The van der Waals surface area contributed by atoms with Crippen molar-refractivity contribution in [1.29, 1.82) is 0 Å². The number of hydrogen-bond acceptors (Lipinski definition) is 5. The van der Waals surface area contributed by atoms with Crippen LogP contribution in [0.2, 0.25) is 0 Å². The van der Waals surface area contributed by atoms with Gasteiger partial charge in [-0.3, -0.25) is 14.7 Å². The molecule has 0 aliphatic heterocycles. The Labute approximate surface area is 147 Å². The van der Waals surface area contributed by atoms with Gasteiger partial charge in [0, 0.05) is 12.0 Å². The van der Waals surface area contributed by atoms with E-state index in [4.69, 9.17) is 4.74 Å². The summed E-state index contributed by atoms with van der Waals surface area (Å²) in [5.74, 6) is 2.00. The minimum atomic E-state index is -0.183. The Kier molecular flexibility index (Phi) is 6.68. The van der Waals surface area contributed by atoms with Gasteiger partial charge in [0.25, 0.3) is 0 Å². The largest absolute Gasteiger partial charge is 0.494 e. The van der Waals surface area contributed by atoms with E-state index >= 15 is 0 Å².